The van der Waals surface area contributed by atoms with Crippen LogP contribution in [0, 0.1) is 32.1 Å². The topological polar surface area (TPSA) is 67.2 Å². The van der Waals surface area contributed by atoms with Gasteiger partial charge < -0.3 is 4.74 Å². The standard InChI is InChI=1S/C19H17NO3/c1-12-8-14(3)17(9-13(12)2)18(21)11-23-19(22)16-6-4-15(10-20)5-7-16/h4-9H,11H2,1-3H3. The Morgan fingerprint density at radius 3 is 2.22 bits per heavy atom. The van der Waals surface area contributed by atoms with Crippen molar-refractivity contribution in [3.8, 4) is 6.07 Å². The first-order chi connectivity index (χ1) is 10.9. The lowest BCUT2D eigenvalue weighted by Crippen LogP contribution is -2.15. The van der Waals surface area contributed by atoms with Crippen LogP contribution in [0.5, 0.6) is 0 Å². The normalized spacial score (nSPS) is 10.0. The van der Waals surface area contributed by atoms with Gasteiger partial charge in [0.05, 0.1) is 17.2 Å². The fourth-order valence-electron chi connectivity index (χ4n) is 2.23. The SMILES string of the molecule is Cc1cc(C)c(C(=O)COC(=O)c2ccc(C#N)cc2)cc1C. The smallest absolute Gasteiger partial charge is 0.338 e. The summed E-state index contributed by atoms with van der Waals surface area (Å²) in [5.41, 5.74) is 4.36. The molecule has 0 N–H and O–H groups in total. The molecule has 0 saturated carbocycles. The zero-order valence-corrected chi connectivity index (χ0v) is 13.3. The van der Waals surface area contributed by atoms with Gasteiger partial charge in [0.15, 0.2) is 6.61 Å². The minimum atomic E-state index is -0.579. The fourth-order valence-corrected chi connectivity index (χ4v) is 2.23. The summed E-state index contributed by atoms with van der Waals surface area (Å²) >= 11 is 0. The number of esters is 1. The molecule has 0 heterocycles. The average molecular weight is 307 g/mol. The molecule has 2 aromatic rings. The largest absolute Gasteiger partial charge is 0.454 e. The third-order valence-corrected chi connectivity index (χ3v) is 3.73. The molecule has 0 spiro atoms. The number of nitriles is 1. The van der Waals surface area contributed by atoms with E-state index < -0.39 is 5.97 Å². The Morgan fingerprint density at radius 1 is 1.00 bits per heavy atom. The zero-order chi connectivity index (χ0) is 17.0. The number of carbonyl (C=O) groups excluding carboxylic acids is 2. The maximum Gasteiger partial charge on any atom is 0.338 e. The van der Waals surface area contributed by atoms with Crippen LogP contribution >= 0.6 is 0 Å². The summed E-state index contributed by atoms with van der Waals surface area (Å²) in [6.07, 6.45) is 0. The molecule has 0 aliphatic rings. The molecule has 116 valence electrons. The van der Waals surface area contributed by atoms with E-state index in [9.17, 15) is 9.59 Å². The average Bonchev–Trinajstić information content (AvgIpc) is 2.55. The first kappa shape index (κ1) is 16.4. The predicted octanol–water partition coefficient (Wildman–Crippen LogP) is 3.52. The number of hydrogen-bond donors (Lipinski definition) is 0. The monoisotopic (exact) mass is 307 g/mol. The van der Waals surface area contributed by atoms with E-state index in [0.29, 0.717) is 16.7 Å². The van der Waals surface area contributed by atoms with Crippen LogP contribution in [0.1, 0.15) is 43.0 Å². The quantitative estimate of drug-likeness (QED) is 0.640. The van der Waals surface area contributed by atoms with Crippen LogP contribution in [0.2, 0.25) is 0 Å². The highest BCUT2D eigenvalue weighted by Gasteiger charge is 2.14. The summed E-state index contributed by atoms with van der Waals surface area (Å²) in [4.78, 5) is 24.2. The maximum atomic E-state index is 12.2. The molecular weight excluding hydrogens is 290 g/mol. The zero-order valence-electron chi connectivity index (χ0n) is 13.3. The Morgan fingerprint density at radius 2 is 1.61 bits per heavy atom. The molecule has 0 fully saturated rings. The molecule has 4 nitrogen and oxygen atoms in total. The van der Waals surface area contributed by atoms with Gasteiger partial charge in [-0.3, -0.25) is 4.79 Å². The molecule has 0 aliphatic heterocycles. The molecular formula is C19H17NO3. The number of ketones is 1. The number of ether oxygens (including phenoxy) is 1. The van der Waals surface area contributed by atoms with Gasteiger partial charge in [-0.25, -0.2) is 4.79 Å². The minimum absolute atomic E-state index is 0.229. The second-order valence-corrected chi connectivity index (χ2v) is 5.44. The highest BCUT2D eigenvalue weighted by Crippen LogP contribution is 2.16. The summed E-state index contributed by atoms with van der Waals surface area (Å²) in [7, 11) is 0. The Kier molecular flexibility index (Phi) is 4.92. The molecule has 0 bridgehead atoms. The van der Waals surface area contributed by atoms with Gasteiger partial charge in [-0.15, -0.1) is 0 Å². The lowest BCUT2D eigenvalue weighted by Gasteiger charge is -2.09. The molecule has 4 heteroatoms. The second kappa shape index (κ2) is 6.89. The van der Waals surface area contributed by atoms with Gasteiger partial charge in [-0.1, -0.05) is 6.07 Å². The molecule has 0 aromatic heterocycles. The third-order valence-electron chi connectivity index (χ3n) is 3.73. The van der Waals surface area contributed by atoms with Crippen molar-refractivity contribution >= 4 is 11.8 Å². The molecule has 23 heavy (non-hydrogen) atoms. The van der Waals surface area contributed by atoms with Crippen molar-refractivity contribution < 1.29 is 14.3 Å². The molecule has 0 saturated heterocycles. The summed E-state index contributed by atoms with van der Waals surface area (Å²) in [5.74, 6) is -0.808. The van der Waals surface area contributed by atoms with Crippen LogP contribution < -0.4 is 0 Å². The van der Waals surface area contributed by atoms with Crippen LogP contribution in [0.3, 0.4) is 0 Å². The Hall–Kier alpha value is -2.93. The number of aryl methyl sites for hydroxylation is 3. The second-order valence-electron chi connectivity index (χ2n) is 5.44. The maximum absolute atomic E-state index is 12.2. The Labute approximate surface area is 135 Å². The van der Waals surface area contributed by atoms with Crippen molar-refractivity contribution in [2.24, 2.45) is 0 Å². The summed E-state index contributed by atoms with van der Waals surface area (Å²) < 4.78 is 5.07. The van der Waals surface area contributed by atoms with E-state index in [-0.39, 0.29) is 12.4 Å². The van der Waals surface area contributed by atoms with Crippen molar-refractivity contribution in [3.63, 3.8) is 0 Å². The Bertz CT molecular complexity index is 799. The molecule has 0 unspecified atom stereocenters. The summed E-state index contributed by atoms with van der Waals surface area (Å²) in [5, 5.41) is 8.73. The van der Waals surface area contributed by atoms with E-state index in [1.165, 1.54) is 24.3 Å². The van der Waals surface area contributed by atoms with Crippen LogP contribution in [-0.4, -0.2) is 18.4 Å². The van der Waals surface area contributed by atoms with Crippen LogP contribution in [-0.2, 0) is 4.74 Å². The minimum Gasteiger partial charge on any atom is -0.454 e. The number of rotatable bonds is 4. The van der Waals surface area contributed by atoms with Gasteiger partial charge in [0.1, 0.15) is 0 Å². The number of nitrogens with zero attached hydrogens (tertiary/aromatic N) is 1. The van der Waals surface area contributed by atoms with Crippen molar-refractivity contribution in [1.29, 1.82) is 5.26 Å². The van der Waals surface area contributed by atoms with Crippen molar-refractivity contribution in [1.82, 2.24) is 0 Å². The van der Waals surface area contributed by atoms with E-state index in [2.05, 4.69) is 0 Å². The Balaban J connectivity index is 2.05. The summed E-state index contributed by atoms with van der Waals surface area (Å²) in [6, 6.07) is 11.8. The molecule has 2 aromatic carbocycles. The predicted molar refractivity (Wildman–Crippen MR) is 86.4 cm³/mol. The number of Topliss-reactive ketones (excluding diaryl/α,β-unsaturated/α-hetero) is 1. The first-order valence-electron chi connectivity index (χ1n) is 7.20. The first-order valence-corrected chi connectivity index (χ1v) is 7.20. The van der Waals surface area contributed by atoms with E-state index in [1.54, 1.807) is 0 Å². The van der Waals surface area contributed by atoms with Crippen LogP contribution in [0.4, 0.5) is 0 Å². The number of benzene rings is 2. The lowest BCUT2D eigenvalue weighted by atomic mass is 9.98. The van der Waals surface area contributed by atoms with Gasteiger partial charge >= 0.3 is 5.97 Å². The molecule has 0 atom stereocenters. The van der Waals surface area contributed by atoms with Gasteiger partial charge in [0.2, 0.25) is 5.78 Å². The fraction of sp³-hybridized carbons (Fsp3) is 0.211. The van der Waals surface area contributed by atoms with Crippen LogP contribution in [0.15, 0.2) is 36.4 Å². The van der Waals surface area contributed by atoms with Crippen molar-refractivity contribution in [3.05, 3.63) is 69.8 Å². The highest BCUT2D eigenvalue weighted by atomic mass is 16.5. The lowest BCUT2D eigenvalue weighted by molar-refractivity contribution is 0.0474. The van der Waals surface area contributed by atoms with Gasteiger partial charge in [-0.2, -0.15) is 5.26 Å². The third kappa shape index (κ3) is 3.83. The summed E-state index contributed by atoms with van der Waals surface area (Å²) in [6.45, 7) is 5.49. The highest BCUT2D eigenvalue weighted by molar-refractivity contribution is 6.00. The number of hydrogen-bond acceptors (Lipinski definition) is 4. The van der Waals surface area contributed by atoms with Gasteiger partial charge in [-0.05, 0) is 67.8 Å². The number of carbonyl (C=O) groups is 2. The van der Waals surface area contributed by atoms with E-state index in [4.69, 9.17) is 10.00 Å². The van der Waals surface area contributed by atoms with Crippen molar-refractivity contribution in [2.75, 3.05) is 6.61 Å². The molecule has 0 amide bonds. The molecule has 2 rings (SSSR count). The van der Waals surface area contributed by atoms with Crippen LogP contribution in [0.25, 0.3) is 0 Å². The van der Waals surface area contributed by atoms with E-state index >= 15 is 0 Å². The van der Waals surface area contributed by atoms with E-state index in [1.807, 2.05) is 39.0 Å². The van der Waals surface area contributed by atoms with Gasteiger partial charge in [0, 0.05) is 5.56 Å². The van der Waals surface area contributed by atoms with Crippen molar-refractivity contribution in [2.45, 2.75) is 20.8 Å². The molecule has 0 radical (unpaired) electrons. The molecule has 0 aliphatic carbocycles. The van der Waals surface area contributed by atoms with Gasteiger partial charge in [0.25, 0.3) is 0 Å². The van der Waals surface area contributed by atoms with E-state index in [0.717, 1.165) is 16.7 Å².